The van der Waals surface area contributed by atoms with Gasteiger partial charge in [0.05, 0.1) is 22.0 Å². The lowest BCUT2D eigenvalue weighted by atomic mass is 10.1. The van der Waals surface area contributed by atoms with E-state index in [1.165, 1.54) is 16.8 Å². The van der Waals surface area contributed by atoms with Crippen molar-refractivity contribution in [1.29, 1.82) is 0 Å². The number of hydrogen-bond donors (Lipinski definition) is 0. The highest BCUT2D eigenvalue weighted by Gasteiger charge is 2.16. The predicted molar refractivity (Wildman–Crippen MR) is 147 cm³/mol. The van der Waals surface area contributed by atoms with Crippen molar-refractivity contribution in [1.82, 2.24) is 9.66 Å². The maximum absolute atomic E-state index is 13.4. The van der Waals surface area contributed by atoms with Gasteiger partial charge < -0.3 is 4.74 Å². The van der Waals surface area contributed by atoms with Crippen LogP contribution >= 0.6 is 31.9 Å². The first kappa shape index (κ1) is 25.7. The number of halogens is 2. The third-order valence-corrected chi connectivity index (χ3v) is 6.67. The zero-order valence-electron chi connectivity index (χ0n) is 19.5. The molecule has 0 amide bonds. The molecule has 0 radical (unpaired) electrons. The second-order valence-corrected chi connectivity index (χ2v) is 10.0. The number of aromatic nitrogens is 2. The summed E-state index contributed by atoms with van der Waals surface area (Å²) in [6.07, 6.45) is 2.35. The lowest BCUT2D eigenvalue weighted by Crippen LogP contribution is -2.23. The second kappa shape index (κ2) is 11.1. The van der Waals surface area contributed by atoms with Crippen molar-refractivity contribution in [2.24, 2.45) is 5.10 Å². The van der Waals surface area contributed by atoms with Crippen LogP contribution in [0.25, 0.3) is 10.9 Å². The van der Waals surface area contributed by atoms with Crippen LogP contribution in [0.3, 0.4) is 0 Å². The molecular weight excluding hydrogens is 592 g/mol. The van der Waals surface area contributed by atoms with Crippen LogP contribution < -0.4 is 10.3 Å². The van der Waals surface area contributed by atoms with Crippen molar-refractivity contribution < 1.29 is 9.66 Å². The van der Waals surface area contributed by atoms with Gasteiger partial charge in [0.1, 0.15) is 18.2 Å². The average Bonchev–Trinajstić information content (AvgIpc) is 2.87. The average molecular weight is 614 g/mol. The number of non-ortho nitro benzene ring substituents is 1. The maximum Gasteiger partial charge on any atom is 0.282 e. The van der Waals surface area contributed by atoms with Crippen molar-refractivity contribution in [3.63, 3.8) is 0 Å². The van der Waals surface area contributed by atoms with Gasteiger partial charge in [0.25, 0.3) is 11.2 Å². The topological polar surface area (TPSA) is 99.6 Å². The van der Waals surface area contributed by atoms with Crippen LogP contribution in [0, 0.1) is 10.1 Å². The van der Waals surface area contributed by atoms with Gasteiger partial charge in [0, 0.05) is 32.6 Å². The first-order chi connectivity index (χ1) is 17.3. The fourth-order valence-electron chi connectivity index (χ4n) is 3.57. The molecule has 0 fully saturated rings. The minimum atomic E-state index is -0.441. The Kier molecular flexibility index (Phi) is 7.95. The zero-order valence-corrected chi connectivity index (χ0v) is 22.7. The fraction of sp³-hybridized carbons (Fsp3) is 0.192. The summed E-state index contributed by atoms with van der Waals surface area (Å²) in [5.74, 6) is 1.10. The van der Waals surface area contributed by atoms with E-state index in [2.05, 4.69) is 37.0 Å². The summed E-state index contributed by atoms with van der Waals surface area (Å²) in [6, 6.07) is 17.1. The molecule has 0 bridgehead atoms. The Labute approximate surface area is 224 Å². The first-order valence-electron chi connectivity index (χ1n) is 11.2. The van der Waals surface area contributed by atoms with E-state index < -0.39 is 4.92 Å². The molecule has 4 aromatic rings. The molecule has 0 aliphatic rings. The van der Waals surface area contributed by atoms with Gasteiger partial charge in [-0.3, -0.25) is 14.9 Å². The van der Waals surface area contributed by atoms with Crippen LogP contribution in [0.4, 0.5) is 5.69 Å². The molecule has 36 heavy (non-hydrogen) atoms. The van der Waals surface area contributed by atoms with Crippen LogP contribution in [0.1, 0.15) is 43.1 Å². The Bertz CT molecular complexity index is 1530. The van der Waals surface area contributed by atoms with Gasteiger partial charge >= 0.3 is 0 Å². The van der Waals surface area contributed by atoms with Gasteiger partial charge in [-0.05, 0) is 48.4 Å². The van der Waals surface area contributed by atoms with E-state index in [1.54, 1.807) is 30.5 Å². The van der Waals surface area contributed by atoms with Crippen LogP contribution in [0.2, 0.25) is 0 Å². The van der Waals surface area contributed by atoms with Gasteiger partial charge in [-0.25, -0.2) is 4.98 Å². The van der Waals surface area contributed by atoms with Gasteiger partial charge in [-0.1, -0.05) is 57.8 Å². The van der Waals surface area contributed by atoms with Crippen molar-refractivity contribution in [2.75, 3.05) is 0 Å². The number of nitro groups is 1. The van der Waals surface area contributed by atoms with E-state index in [-0.39, 0.29) is 23.8 Å². The number of ether oxygens (including phenoxy) is 1. The molecule has 0 unspecified atom stereocenters. The van der Waals surface area contributed by atoms with E-state index in [0.29, 0.717) is 33.6 Å². The molecule has 0 saturated carbocycles. The third-order valence-electron chi connectivity index (χ3n) is 5.69. The molecule has 1 atom stereocenters. The number of nitrogens with zero attached hydrogens (tertiary/aromatic N) is 4. The number of fused-ring (bicyclic) bond motifs is 1. The Hall–Kier alpha value is -3.37. The molecule has 8 nitrogen and oxygen atoms in total. The van der Waals surface area contributed by atoms with Crippen LogP contribution in [0.5, 0.6) is 5.75 Å². The van der Waals surface area contributed by atoms with E-state index in [9.17, 15) is 14.9 Å². The summed E-state index contributed by atoms with van der Waals surface area (Å²) in [4.78, 5) is 28.7. The molecule has 184 valence electrons. The smallest absolute Gasteiger partial charge is 0.282 e. The Morgan fingerprint density at radius 3 is 2.64 bits per heavy atom. The molecule has 0 aliphatic carbocycles. The van der Waals surface area contributed by atoms with E-state index >= 15 is 0 Å². The predicted octanol–water partition coefficient (Wildman–Crippen LogP) is 6.80. The largest absolute Gasteiger partial charge is 0.488 e. The standard InChI is InChI=1S/C26H22Br2N4O4/c1-3-16(2)25-30-23-9-7-20(28)13-22(23)26(33)31(25)29-14-18-12-19(27)8-10-24(18)36-15-17-5-4-6-21(11-17)32(34)35/h4-14,16H,3,15H2,1-2H3/t16-/m1/s1. The summed E-state index contributed by atoms with van der Waals surface area (Å²) in [6.45, 7) is 4.17. The molecule has 10 heteroatoms. The number of rotatable bonds is 8. The van der Waals surface area contributed by atoms with Crippen molar-refractivity contribution >= 4 is 54.7 Å². The lowest BCUT2D eigenvalue weighted by molar-refractivity contribution is -0.384. The van der Waals surface area contributed by atoms with Crippen molar-refractivity contribution in [2.45, 2.75) is 32.8 Å². The molecule has 0 saturated heterocycles. The summed E-state index contributed by atoms with van der Waals surface area (Å²) in [5.41, 5.74) is 1.65. The minimum Gasteiger partial charge on any atom is -0.488 e. The van der Waals surface area contributed by atoms with Crippen LogP contribution in [-0.2, 0) is 6.61 Å². The molecule has 1 heterocycles. The van der Waals surface area contributed by atoms with E-state index in [1.807, 2.05) is 38.1 Å². The monoisotopic (exact) mass is 612 g/mol. The van der Waals surface area contributed by atoms with Gasteiger partial charge in [0.15, 0.2) is 0 Å². The third kappa shape index (κ3) is 5.71. The van der Waals surface area contributed by atoms with Gasteiger partial charge in [-0.2, -0.15) is 9.78 Å². The number of nitro benzene ring substituents is 1. The van der Waals surface area contributed by atoms with Crippen LogP contribution in [-0.4, -0.2) is 20.8 Å². The molecule has 0 N–H and O–H groups in total. The lowest BCUT2D eigenvalue weighted by Gasteiger charge is -2.14. The molecule has 3 aromatic carbocycles. The molecule has 0 spiro atoms. The van der Waals surface area contributed by atoms with Crippen molar-refractivity contribution in [3.05, 3.63) is 107 Å². The van der Waals surface area contributed by atoms with E-state index in [4.69, 9.17) is 9.72 Å². The van der Waals surface area contributed by atoms with E-state index in [0.717, 1.165) is 15.4 Å². The quantitative estimate of drug-likeness (QED) is 0.124. The Morgan fingerprint density at radius 2 is 1.89 bits per heavy atom. The minimum absolute atomic E-state index is 0.00100. The highest BCUT2D eigenvalue weighted by molar-refractivity contribution is 9.10. The summed E-state index contributed by atoms with van der Waals surface area (Å²) >= 11 is 6.89. The summed E-state index contributed by atoms with van der Waals surface area (Å²) < 4.78 is 8.90. The molecule has 4 rings (SSSR count). The number of hydrogen-bond acceptors (Lipinski definition) is 6. The van der Waals surface area contributed by atoms with Gasteiger partial charge in [-0.15, -0.1) is 0 Å². The first-order valence-corrected chi connectivity index (χ1v) is 12.8. The zero-order chi connectivity index (χ0) is 25.8. The second-order valence-electron chi connectivity index (χ2n) is 8.20. The Balaban J connectivity index is 1.72. The van der Waals surface area contributed by atoms with Crippen molar-refractivity contribution in [3.8, 4) is 5.75 Å². The summed E-state index contributed by atoms with van der Waals surface area (Å²) in [5, 5.41) is 16.1. The maximum atomic E-state index is 13.4. The normalized spacial score (nSPS) is 12.2. The SMILES string of the molecule is CC[C@@H](C)c1nc2ccc(Br)cc2c(=O)n1N=Cc1cc(Br)ccc1OCc1cccc([N+](=O)[O-])c1. The fourth-order valence-corrected chi connectivity index (χ4v) is 4.31. The summed E-state index contributed by atoms with van der Waals surface area (Å²) in [7, 11) is 0. The molecular formula is C26H22Br2N4O4. The highest BCUT2D eigenvalue weighted by atomic mass is 79.9. The Morgan fingerprint density at radius 1 is 1.14 bits per heavy atom. The highest BCUT2D eigenvalue weighted by Crippen LogP contribution is 2.25. The van der Waals surface area contributed by atoms with Gasteiger partial charge in [0.2, 0.25) is 0 Å². The molecule has 1 aromatic heterocycles. The van der Waals surface area contributed by atoms with Crippen LogP contribution in [0.15, 0.2) is 79.5 Å². The molecule has 0 aliphatic heterocycles. The number of benzene rings is 3.